The molecule has 0 spiro atoms. The third-order valence-electron chi connectivity index (χ3n) is 6.94. The van der Waals surface area contributed by atoms with Crippen LogP contribution in [-0.4, -0.2) is 12.5 Å². The lowest BCUT2D eigenvalue weighted by Crippen LogP contribution is -2.37. The highest BCUT2D eigenvalue weighted by atomic mass is 16.1. The Morgan fingerprint density at radius 3 is 2.09 bits per heavy atom. The van der Waals surface area contributed by atoms with Crippen LogP contribution in [0.15, 0.2) is 18.2 Å². The second kappa shape index (κ2) is 4.72. The van der Waals surface area contributed by atoms with Crippen LogP contribution in [0.1, 0.15) is 59.1 Å². The summed E-state index contributed by atoms with van der Waals surface area (Å²) in [6, 6.07) is 6.97. The Kier molecular flexibility index (Phi) is 3.40. The van der Waals surface area contributed by atoms with Gasteiger partial charge in [0.15, 0.2) is 6.71 Å². The van der Waals surface area contributed by atoms with Crippen LogP contribution < -0.4 is 5.46 Å². The summed E-state index contributed by atoms with van der Waals surface area (Å²) in [4.78, 5) is 12.3. The molecule has 0 atom stereocenters. The first-order valence-electron chi connectivity index (χ1n) is 8.71. The van der Waals surface area contributed by atoms with Crippen LogP contribution in [-0.2, 0) is 16.6 Å². The van der Waals surface area contributed by atoms with Gasteiger partial charge in [0.25, 0.3) is 0 Å². The van der Waals surface area contributed by atoms with Gasteiger partial charge in [0.05, 0.1) is 0 Å². The lowest BCUT2D eigenvalue weighted by molar-refractivity contribution is -0.124. The first-order valence-corrected chi connectivity index (χ1v) is 8.71. The molecule has 0 aromatic heterocycles. The molecule has 0 N–H and O–H groups in total. The molecular formula is C20H29BO. The van der Waals surface area contributed by atoms with E-state index >= 15 is 0 Å². The van der Waals surface area contributed by atoms with Gasteiger partial charge in [-0.2, -0.15) is 0 Å². The van der Waals surface area contributed by atoms with Crippen molar-refractivity contribution in [2.45, 2.75) is 72.4 Å². The van der Waals surface area contributed by atoms with Crippen molar-refractivity contribution < 1.29 is 4.79 Å². The van der Waals surface area contributed by atoms with Gasteiger partial charge < -0.3 is 0 Å². The van der Waals surface area contributed by atoms with Gasteiger partial charge in [0.2, 0.25) is 0 Å². The summed E-state index contributed by atoms with van der Waals surface area (Å²) in [6.45, 7) is 14.4. The molecule has 22 heavy (non-hydrogen) atoms. The van der Waals surface area contributed by atoms with E-state index in [-0.39, 0.29) is 5.41 Å². The molecule has 0 saturated carbocycles. The molecule has 1 nitrogen and oxygen atoms in total. The molecule has 0 unspecified atom stereocenters. The molecule has 1 aromatic carbocycles. The first kappa shape index (κ1) is 15.8. The minimum Gasteiger partial charge on any atom is -0.299 e. The summed E-state index contributed by atoms with van der Waals surface area (Å²) < 4.78 is 0. The van der Waals surface area contributed by atoms with Gasteiger partial charge in [0, 0.05) is 11.8 Å². The molecule has 1 saturated heterocycles. The van der Waals surface area contributed by atoms with Gasteiger partial charge in [-0.05, 0) is 42.2 Å². The molecule has 0 bridgehead atoms. The Hall–Kier alpha value is -1.05. The lowest BCUT2D eigenvalue weighted by Gasteiger charge is -2.35. The number of fused-ring (bicyclic) bond motifs is 1. The van der Waals surface area contributed by atoms with Crippen LogP contribution >= 0.6 is 0 Å². The molecule has 1 heterocycles. The molecule has 0 radical (unpaired) electrons. The van der Waals surface area contributed by atoms with E-state index in [4.69, 9.17) is 0 Å². The first-order chi connectivity index (χ1) is 10.0. The van der Waals surface area contributed by atoms with Gasteiger partial charge in [-0.1, -0.05) is 64.0 Å². The van der Waals surface area contributed by atoms with E-state index in [0.717, 1.165) is 6.42 Å². The maximum Gasteiger partial charge on any atom is 0.176 e. The third kappa shape index (κ3) is 2.26. The maximum absolute atomic E-state index is 12.3. The average molecular weight is 296 g/mol. The zero-order valence-corrected chi connectivity index (χ0v) is 15.0. The Bertz CT molecular complexity index is 609. The number of ketones is 1. The normalized spacial score (nSPS) is 25.2. The summed E-state index contributed by atoms with van der Waals surface area (Å²) in [5.74, 6) is 0.393. The SMILES string of the molecule is CC1(C)C(=O)CCc2ccc(B3CC(C)(C)C(C)(C)C3)cc21. The summed E-state index contributed by atoms with van der Waals surface area (Å²) in [6.07, 6.45) is 4.10. The number of aryl methyl sites for hydroxylation is 1. The predicted octanol–water partition coefficient (Wildman–Crippen LogP) is 4.25. The van der Waals surface area contributed by atoms with Crippen LogP contribution in [0.4, 0.5) is 0 Å². The fraction of sp³-hybridized carbons (Fsp3) is 0.650. The monoisotopic (exact) mass is 296 g/mol. The van der Waals surface area contributed by atoms with Crippen molar-refractivity contribution in [1.82, 2.24) is 0 Å². The van der Waals surface area contributed by atoms with Crippen molar-refractivity contribution in [3.8, 4) is 0 Å². The van der Waals surface area contributed by atoms with Crippen molar-refractivity contribution in [1.29, 1.82) is 0 Å². The Balaban J connectivity index is 1.99. The molecule has 3 rings (SSSR count). The van der Waals surface area contributed by atoms with Crippen LogP contribution in [0.3, 0.4) is 0 Å². The smallest absolute Gasteiger partial charge is 0.176 e. The van der Waals surface area contributed by atoms with E-state index in [1.54, 1.807) is 0 Å². The molecule has 2 heteroatoms. The van der Waals surface area contributed by atoms with E-state index in [1.165, 1.54) is 29.2 Å². The highest BCUT2D eigenvalue weighted by Crippen LogP contribution is 2.52. The maximum atomic E-state index is 12.3. The molecular weight excluding hydrogens is 267 g/mol. The minimum atomic E-state index is -0.312. The standard InChI is InChI=1S/C20H29BO/c1-18(2)12-21(13-19(18,3)4)15-9-7-14-8-10-17(22)20(5,6)16(14)11-15/h7,9,11H,8,10,12-13H2,1-6H3. The van der Waals surface area contributed by atoms with Gasteiger partial charge in [0.1, 0.15) is 5.78 Å². The molecule has 118 valence electrons. The van der Waals surface area contributed by atoms with Crippen molar-refractivity contribution in [2.24, 2.45) is 10.8 Å². The number of rotatable bonds is 1. The van der Waals surface area contributed by atoms with E-state index in [2.05, 4.69) is 59.7 Å². The topological polar surface area (TPSA) is 17.1 Å². The van der Waals surface area contributed by atoms with E-state index in [9.17, 15) is 4.79 Å². The largest absolute Gasteiger partial charge is 0.299 e. The quantitative estimate of drug-likeness (QED) is 0.708. The van der Waals surface area contributed by atoms with E-state index in [1.807, 2.05) is 0 Å². The molecule has 0 amide bonds. The number of Topliss-reactive ketones (excluding diaryl/α,β-unsaturated/α-hetero) is 1. The molecule has 1 aliphatic heterocycles. The minimum absolute atomic E-state index is 0.312. The van der Waals surface area contributed by atoms with Gasteiger partial charge >= 0.3 is 0 Å². The van der Waals surface area contributed by atoms with Crippen LogP contribution in [0.25, 0.3) is 0 Å². The number of hydrogen-bond acceptors (Lipinski definition) is 1. The Labute approximate surface area is 136 Å². The fourth-order valence-corrected chi connectivity index (χ4v) is 4.45. The van der Waals surface area contributed by atoms with Crippen molar-refractivity contribution in [3.05, 3.63) is 29.3 Å². The van der Waals surface area contributed by atoms with Crippen LogP contribution in [0.2, 0.25) is 12.6 Å². The van der Waals surface area contributed by atoms with Crippen molar-refractivity contribution >= 4 is 18.0 Å². The average Bonchev–Trinajstić information content (AvgIpc) is 2.63. The fourth-order valence-electron chi connectivity index (χ4n) is 4.45. The second-order valence-corrected chi connectivity index (χ2v) is 9.34. The van der Waals surface area contributed by atoms with Crippen molar-refractivity contribution in [3.63, 3.8) is 0 Å². The molecule has 1 aromatic rings. The predicted molar refractivity (Wildman–Crippen MR) is 95.4 cm³/mol. The summed E-state index contributed by atoms with van der Waals surface area (Å²) in [5, 5.41) is 0. The van der Waals surface area contributed by atoms with Gasteiger partial charge in [-0.15, -0.1) is 0 Å². The van der Waals surface area contributed by atoms with Gasteiger partial charge in [-0.3, -0.25) is 4.79 Å². The third-order valence-corrected chi connectivity index (χ3v) is 6.94. The highest BCUT2D eigenvalue weighted by molar-refractivity contribution is 6.74. The highest BCUT2D eigenvalue weighted by Gasteiger charge is 2.48. The van der Waals surface area contributed by atoms with Crippen LogP contribution in [0, 0.1) is 10.8 Å². The van der Waals surface area contributed by atoms with Gasteiger partial charge in [-0.25, -0.2) is 0 Å². The Morgan fingerprint density at radius 1 is 0.909 bits per heavy atom. The van der Waals surface area contributed by atoms with Crippen LogP contribution in [0.5, 0.6) is 0 Å². The lowest BCUT2D eigenvalue weighted by atomic mass is 9.42. The number of carbonyl (C=O) groups excluding carboxylic acids is 1. The number of carbonyl (C=O) groups is 1. The zero-order valence-electron chi connectivity index (χ0n) is 15.0. The molecule has 2 aliphatic rings. The Morgan fingerprint density at radius 2 is 1.50 bits per heavy atom. The summed E-state index contributed by atoms with van der Waals surface area (Å²) in [5.41, 5.74) is 4.54. The summed E-state index contributed by atoms with van der Waals surface area (Å²) in [7, 11) is 0. The van der Waals surface area contributed by atoms with Crippen molar-refractivity contribution in [2.75, 3.05) is 0 Å². The molecule has 1 aliphatic carbocycles. The van der Waals surface area contributed by atoms with E-state index in [0.29, 0.717) is 29.7 Å². The summed E-state index contributed by atoms with van der Waals surface area (Å²) >= 11 is 0. The second-order valence-electron chi connectivity index (χ2n) is 9.34. The zero-order chi connectivity index (χ0) is 16.3. The van der Waals surface area contributed by atoms with E-state index < -0.39 is 0 Å². The molecule has 1 fully saturated rings. The number of benzene rings is 1. The number of hydrogen-bond donors (Lipinski definition) is 0.